The quantitative estimate of drug-likeness (QED) is 0.366. The number of fused-ring (bicyclic) bond motifs is 1. The van der Waals surface area contributed by atoms with Crippen LogP contribution in [-0.2, 0) is 16.0 Å². The molecule has 8 heteroatoms. The largest absolute Gasteiger partial charge is 0.461 e. The first-order valence-corrected chi connectivity index (χ1v) is 12.0. The molecular weight excluding hydrogens is 450 g/mol. The van der Waals surface area contributed by atoms with Crippen molar-refractivity contribution in [3.05, 3.63) is 87.2 Å². The summed E-state index contributed by atoms with van der Waals surface area (Å²) in [5, 5.41) is 9.87. The van der Waals surface area contributed by atoms with Gasteiger partial charge in [-0.25, -0.2) is 4.79 Å². The lowest BCUT2D eigenvalue weighted by molar-refractivity contribution is -0.116. The lowest BCUT2D eigenvalue weighted by atomic mass is 10.1. The van der Waals surface area contributed by atoms with E-state index in [9.17, 15) is 14.4 Å². The molecule has 0 atom stereocenters. The van der Waals surface area contributed by atoms with Crippen LogP contribution in [0.1, 0.15) is 41.4 Å². The minimum Gasteiger partial charge on any atom is -0.461 e. The average molecular weight is 476 g/mol. The fraction of sp³-hybridized carbons (Fsp3) is 0.231. The smallest absolute Gasteiger partial charge is 0.359 e. The van der Waals surface area contributed by atoms with Crippen molar-refractivity contribution in [2.24, 2.45) is 0 Å². The van der Waals surface area contributed by atoms with Crippen LogP contribution in [0.3, 0.4) is 0 Å². The summed E-state index contributed by atoms with van der Waals surface area (Å²) in [4.78, 5) is 38.7. The van der Waals surface area contributed by atoms with Gasteiger partial charge in [-0.1, -0.05) is 48.0 Å². The topological polar surface area (TPSA) is 90.3 Å². The predicted octanol–water partition coefficient (Wildman–Crippen LogP) is 4.89. The van der Waals surface area contributed by atoms with E-state index in [1.807, 2.05) is 49.4 Å². The highest BCUT2D eigenvalue weighted by Crippen LogP contribution is 2.31. The van der Waals surface area contributed by atoms with Gasteiger partial charge in [0.15, 0.2) is 5.69 Å². The van der Waals surface area contributed by atoms with E-state index in [2.05, 4.69) is 10.4 Å². The Hall–Kier alpha value is -3.78. The zero-order valence-electron chi connectivity index (χ0n) is 19.0. The van der Waals surface area contributed by atoms with Gasteiger partial charge in [-0.2, -0.15) is 9.78 Å². The van der Waals surface area contributed by atoms with Gasteiger partial charge < -0.3 is 10.1 Å². The minimum atomic E-state index is -0.619. The molecule has 4 rings (SSSR count). The Morgan fingerprint density at radius 2 is 1.82 bits per heavy atom. The molecule has 0 fully saturated rings. The Balaban J connectivity index is 1.66. The number of hydrogen-bond donors (Lipinski definition) is 1. The maximum Gasteiger partial charge on any atom is 0.359 e. The summed E-state index contributed by atoms with van der Waals surface area (Å²) in [5.41, 5.74) is 2.35. The number of ether oxygens (including phenoxy) is 1. The Morgan fingerprint density at radius 3 is 2.53 bits per heavy atom. The molecule has 0 aliphatic carbocycles. The molecule has 0 aliphatic heterocycles. The Bertz CT molecular complexity index is 1380. The lowest BCUT2D eigenvalue weighted by Crippen LogP contribution is -2.25. The molecule has 1 amide bonds. The molecule has 7 nitrogen and oxygen atoms in total. The van der Waals surface area contributed by atoms with Crippen molar-refractivity contribution in [3.63, 3.8) is 0 Å². The fourth-order valence-electron chi connectivity index (χ4n) is 3.64. The van der Waals surface area contributed by atoms with Gasteiger partial charge in [0, 0.05) is 17.2 Å². The molecule has 0 bridgehead atoms. The Kier molecular flexibility index (Phi) is 7.18. The maximum atomic E-state index is 13.4. The molecule has 0 aliphatic rings. The molecule has 0 saturated heterocycles. The Morgan fingerprint density at radius 1 is 1.09 bits per heavy atom. The number of nitrogens with zero attached hydrogens (tertiary/aromatic N) is 2. The van der Waals surface area contributed by atoms with Crippen molar-refractivity contribution in [1.29, 1.82) is 0 Å². The summed E-state index contributed by atoms with van der Waals surface area (Å²) in [7, 11) is 0. The number of esters is 1. The van der Waals surface area contributed by atoms with E-state index in [-0.39, 0.29) is 23.6 Å². The van der Waals surface area contributed by atoms with E-state index in [0.717, 1.165) is 12.0 Å². The van der Waals surface area contributed by atoms with Crippen molar-refractivity contribution >= 4 is 39.0 Å². The zero-order valence-corrected chi connectivity index (χ0v) is 19.9. The number of anilines is 1. The van der Waals surface area contributed by atoms with Crippen LogP contribution >= 0.6 is 11.3 Å². The summed E-state index contributed by atoms with van der Waals surface area (Å²) in [6.45, 7) is 3.83. The summed E-state index contributed by atoms with van der Waals surface area (Å²) in [5.74, 6) is -0.803. The molecule has 4 aromatic rings. The molecule has 0 unspecified atom stereocenters. The first-order chi connectivity index (χ1) is 16.5. The van der Waals surface area contributed by atoms with Crippen molar-refractivity contribution in [2.45, 2.75) is 33.1 Å². The van der Waals surface area contributed by atoms with Crippen LogP contribution in [0.25, 0.3) is 16.5 Å². The van der Waals surface area contributed by atoms with Gasteiger partial charge in [0.25, 0.3) is 5.56 Å². The number of benzene rings is 2. The molecular formula is C26H25N3O4S. The third-order valence-corrected chi connectivity index (χ3v) is 6.26. The van der Waals surface area contributed by atoms with Crippen LogP contribution in [0.2, 0.25) is 0 Å². The van der Waals surface area contributed by atoms with E-state index >= 15 is 0 Å². The SMILES string of the molecule is CCOC(=O)c1nn(-c2ccc(C)cc2)c(=O)c2c(NC(=O)CCCc3ccccc3)scc12. The van der Waals surface area contributed by atoms with Gasteiger partial charge in [-0.05, 0) is 44.4 Å². The molecule has 0 radical (unpaired) electrons. The summed E-state index contributed by atoms with van der Waals surface area (Å²) >= 11 is 1.20. The number of aromatic nitrogens is 2. The van der Waals surface area contributed by atoms with Crippen molar-refractivity contribution < 1.29 is 14.3 Å². The summed E-state index contributed by atoms with van der Waals surface area (Å²) in [6, 6.07) is 17.2. The van der Waals surface area contributed by atoms with E-state index in [1.54, 1.807) is 24.4 Å². The Labute approximate surface area is 201 Å². The van der Waals surface area contributed by atoms with Gasteiger partial charge >= 0.3 is 5.97 Å². The maximum absolute atomic E-state index is 13.4. The third-order valence-electron chi connectivity index (χ3n) is 5.36. The van der Waals surface area contributed by atoms with E-state index in [0.29, 0.717) is 28.9 Å². The van der Waals surface area contributed by atoms with E-state index < -0.39 is 11.5 Å². The number of hydrogen-bond acceptors (Lipinski definition) is 6. The van der Waals surface area contributed by atoms with E-state index in [4.69, 9.17) is 4.74 Å². The standard InChI is InChI=1S/C26H25N3O4S/c1-3-33-26(32)23-20-16-34-24(27-21(30)11-7-10-18-8-5-4-6-9-18)22(20)25(31)29(28-23)19-14-12-17(2)13-15-19/h4-6,8-9,12-16H,3,7,10-11H2,1-2H3,(H,27,30). The van der Waals surface area contributed by atoms with Crippen LogP contribution < -0.4 is 10.9 Å². The second-order valence-electron chi connectivity index (χ2n) is 7.86. The predicted molar refractivity (Wildman–Crippen MR) is 134 cm³/mol. The monoisotopic (exact) mass is 475 g/mol. The van der Waals surface area contributed by atoms with Crippen LogP contribution in [0.4, 0.5) is 5.00 Å². The van der Waals surface area contributed by atoms with Crippen molar-refractivity contribution in [1.82, 2.24) is 9.78 Å². The molecule has 34 heavy (non-hydrogen) atoms. The number of thiophene rings is 1. The number of nitrogens with one attached hydrogen (secondary N) is 1. The second-order valence-corrected chi connectivity index (χ2v) is 8.74. The van der Waals surface area contributed by atoms with Gasteiger partial charge in [0.1, 0.15) is 5.00 Å². The zero-order chi connectivity index (χ0) is 24.1. The highest BCUT2D eigenvalue weighted by atomic mass is 32.1. The molecule has 174 valence electrons. The summed E-state index contributed by atoms with van der Waals surface area (Å²) in [6.07, 6.45) is 1.79. The van der Waals surface area contributed by atoms with Crippen molar-refractivity contribution in [3.8, 4) is 5.69 Å². The first-order valence-electron chi connectivity index (χ1n) is 11.1. The number of carbonyl (C=O) groups excluding carboxylic acids is 2. The molecule has 1 N–H and O–H groups in total. The lowest BCUT2D eigenvalue weighted by Gasteiger charge is -2.10. The minimum absolute atomic E-state index is 0.0397. The molecule has 2 aromatic carbocycles. The van der Waals surface area contributed by atoms with Gasteiger partial charge in [-0.15, -0.1) is 11.3 Å². The highest BCUT2D eigenvalue weighted by Gasteiger charge is 2.23. The number of carbonyl (C=O) groups is 2. The summed E-state index contributed by atoms with van der Waals surface area (Å²) < 4.78 is 6.36. The number of aryl methyl sites for hydroxylation is 2. The second kappa shape index (κ2) is 10.4. The van der Waals surface area contributed by atoms with Crippen LogP contribution in [-0.4, -0.2) is 28.3 Å². The number of amides is 1. The van der Waals surface area contributed by atoms with Gasteiger partial charge in [0.2, 0.25) is 5.91 Å². The molecule has 2 aromatic heterocycles. The van der Waals surface area contributed by atoms with Gasteiger partial charge in [-0.3, -0.25) is 9.59 Å². The number of rotatable bonds is 8. The average Bonchev–Trinajstić information content (AvgIpc) is 3.25. The normalized spacial score (nSPS) is 10.9. The highest BCUT2D eigenvalue weighted by molar-refractivity contribution is 7.16. The van der Waals surface area contributed by atoms with Crippen molar-refractivity contribution in [2.75, 3.05) is 11.9 Å². The first kappa shape index (κ1) is 23.4. The third kappa shape index (κ3) is 5.07. The molecule has 0 saturated carbocycles. The van der Waals surface area contributed by atoms with Gasteiger partial charge in [0.05, 0.1) is 17.7 Å². The van der Waals surface area contributed by atoms with Crippen LogP contribution in [0, 0.1) is 6.92 Å². The fourth-order valence-corrected chi connectivity index (χ4v) is 4.59. The molecule has 0 spiro atoms. The van der Waals surface area contributed by atoms with E-state index in [1.165, 1.54) is 21.6 Å². The van der Waals surface area contributed by atoms with Crippen LogP contribution in [0.5, 0.6) is 0 Å². The molecule has 2 heterocycles. The van der Waals surface area contributed by atoms with Crippen LogP contribution in [0.15, 0.2) is 64.8 Å².